The zero-order valence-corrected chi connectivity index (χ0v) is 9.23. The third kappa shape index (κ3) is 3.74. The van der Waals surface area contributed by atoms with Crippen LogP contribution in [0.5, 0.6) is 0 Å². The van der Waals surface area contributed by atoms with Crippen LogP contribution < -0.4 is 10.6 Å². The minimum atomic E-state index is -1.20. The van der Waals surface area contributed by atoms with Crippen molar-refractivity contribution in [3.63, 3.8) is 0 Å². The molecule has 1 heterocycles. The first kappa shape index (κ1) is 12.9. The van der Waals surface area contributed by atoms with Crippen LogP contribution in [0.15, 0.2) is 5.16 Å². The summed E-state index contributed by atoms with van der Waals surface area (Å²) in [7, 11) is 1.50. The Hall–Kier alpha value is -2.12. The number of hydrogen-bond donors (Lipinski definition) is 3. The van der Waals surface area contributed by atoms with Gasteiger partial charge in [0.1, 0.15) is 0 Å². The van der Waals surface area contributed by atoms with Crippen molar-refractivity contribution in [3.8, 4) is 0 Å². The molecule has 1 aliphatic rings. The molecule has 1 rings (SSSR count). The summed E-state index contributed by atoms with van der Waals surface area (Å²) in [5, 5.41) is 16.7. The van der Waals surface area contributed by atoms with Crippen molar-refractivity contribution in [2.45, 2.75) is 18.9 Å². The van der Waals surface area contributed by atoms with Crippen LogP contribution in [-0.4, -0.2) is 48.3 Å². The van der Waals surface area contributed by atoms with Gasteiger partial charge in [-0.2, -0.15) is 0 Å². The second-order valence-electron chi connectivity index (χ2n) is 3.36. The van der Waals surface area contributed by atoms with E-state index in [1.807, 2.05) is 0 Å². The maximum Gasteiger partial charge on any atom is 0.353 e. The quantitative estimate of drug-likeness (QED) is 0.541. The molecule has 94 valence electrons. The first-order chi connectivity index (χ1) is 8.04. The Morgan fingerprint density at radius 2 is 2.24 bits per heavy atom. The van der Waals surface area contributed by atoms with Gasteiger partial charge in [0.15, 0.2) is 5.71 Å². The van der Waals surface area contributed by atoms with Crippen molar-refractivity contribution < 1.29 is 24.3 Å². The molecular weight excluding hydrogens is 230 g/mol. The summed E-state index contributed by atoms with van der Waals surface area (Å²) >= 11 is 0. The molecule has 0 saturated heterocycles. The SMILES string of the molecule is CNC(=O)CCNC(=O)C1CC(C(=O)O)=NO1. The van der Waals surface area contributed by atoms with Crippen LogP contribution in [0.2, 0.25) is 0 Å². The van der Waals surface area contributed by atoms with Crippen molar-refractivity contribution in [2.75, 3.05) is 13.6 Å². The summed E-state index contributed by atoms with van der Waals surface area (Å²) < 4.78 is 0. The van der Waals surface area contributed by atoms with Crippen LogP contribution >= 0.6 is 0 Å². The molecule has 0 aliphatic carbocycles. The van der Waals surface area contributed by atoms with Crippen molar-refractivity contribution in [1.29, 1.82) is 0 Å². The summed E-state index contributed by atoms with van der Waals surface area (Å²) in [6.07, 6.45) is -0.839. The number of nitrogens with zero attached hydrogens (tertiary/aromatic N) is 1. The lowest BCUT2D eigenvalue weighted by atomic mass is 10.1. The van der Waals surface area contributed by atoms with E-state index >= 15 is 0 Å². The zero-order chi connectivity index (χ0) is 12.8. The van der Waals surface area contributed by atoms with E-state index in [9.17, 15) is 14.4 Å². The number of carboxylic acids is 1. The smallest absolute Gasteiger partial charge is 0.353 e. The van der Waals surface area contributed by atoms with Crippen molar-refractivity contribution in [3.05, 3.63) is 0 Å². The summed E-state index contributed by atoms with van der Waals surface area (Å²) in [6, 6.07) is 0. The Kier molecular flexibility index (Phi) is 4.44. The predicted octanol–water partition coefficient (Wildman–Crippen LogP) is -1.53. The van der Waals surface area contributed by atoms with Gasteiger partial charge in [0, 0.05) is 26.4 Å². The van der Waals surface area contributed by atoms with Gasteiger partial charge in [0.25, 0.3) is 5.91 Å². The molecule has 0 aromatic heterocycles. The molecule has 8 heteroatoms. The average molecular weight is 243 g/mol. The van der Waals surface area contributed by atoms with Gasteiger partial charge in [-0.3, -0.25) is 9.59 Å². The van der Waals surface area contributed by atoms with E-state index in [1.165, 1.54) is 7.05 Å². The van der Waals surface area contributed by atoms with E-state index in [4.69, 9.17) is 5.11 Å². The number of amides is 2. The van der Waals surface area contributed by atoms with Crippen LogP contribution in [0.1, 0.15) is 12.8 Å². The molecule has 17 heavy (non-hydrogen) atoms. The number of carbonyl (C=O) groups is 3. The largest absolute Gasteiger partial charge is 0.477 e. The molecule has 0 fully saturated rings. The molecule has 8 nitrogen and oxygen atoms in total. The Balaban J connectivity index is 2.27. The summed E-state index contributed by atoms with van der Waals surface area (Å²) in [5.74, 6) is -1.88. The van der Waals surface area contributed by atoms with Crippen LogP contribution in [0.4, 0.5) is 0 Å². The minimum Gasteiger partial charge on any atom is -0.477 e. The van der Waals surface area contributed by atoms with E-state index < -0.39 is 18.0 Å². The Labute approximate surface area is 97.0 Å². The van der Waals surface area contributed by atoms with Gasteiger partial charge < -0.3 is 20.6 Å². The molecule has 0 spiro atoms. The highest BCUT2D eigenvalue weighted by molar-refractivity contribution is 6.36. The van der Waals surface area contributed by atoms with Gasteiger partial charge in [0.05, 0.1) is 0 Å². The minimum absolute atomic E-state index is 0.0683. The summed E-state index contributed by atoms with van der Waals surface area (Å²) in [6.45, 7) is 0.167. The molecule has 0 aromatic rings. The van der Waals surface area contributed by atoms with E-state index in [2.05, 4.69) is 20.6 Å². The molecule has 0 aromatic carbocycles. The normalized spacial score (nSPS) is 17.9. The molecule has 1 aliphatic heterocycles. The van der Waals surface area contributed by atoms with Gasteiger partial charge in [-0.15, -0.1) is 0 Å². The molecule has 2 amide bonds. The second kappa shape index (κ2) is 5.83. The molecular formula is C9H13N3O5. The fraction of sp³-hybridized carbons (Fsp3) is 0.556. The Bertz CT molecular complexity index is 366. The van der Waals surface area contributed by atoms with Gasteiger partial charge in [-0.1, -0.05) is 5.16 Å². The lowest BCUT2D eigenvalue weighted by Gasteiger charge is -2.08. The molecule has 1 unspecified atom stereocenters. The first-order valence-electron chi connectivity index (χ1n) is 4.99. The maximum atomic E-state index is 11.4. The number of nitrogens with one attached hydrogen (secondary N) is 2. The lowest BCUT2D eigenvalue weighted by molar-refractivity contribution is -0.131. The maximum absolute atomic E-state index is 11.4. The third-order valence-electron chi connectivity index (χ3n) is 2.14. The fourth-order valence-electron chi connectivity index (χ4n) is 1.18. The van der Waals surface area contributed by atoms with Crippen LogP contribution in [0.3, 0.4) is 0 Å². The van der Waals surface area contributed by atoms with E-state index in [1.54, 1.807) is 0 Å². The van der Waals surface area contributed by atoms with E-state index in [-0.39, 0.29) is 31.0 Å². The highest BCUT2D eigenvalue weighted by Crippen LogP contribution is 2.10. The fourth-order valence-corrected chi connectivity index (χ4v) is 1.18. The van der Waals surface area contributed by atoms with Crippen LogP contribution in [0, 0.1) is 0 Å². The van der Waals surface area contributed by atoms with Gasteiger partial charge in [0.2, 0.25) is 12.0 Å². The lowest BCUT2D eigenvalue weighted by Crippen LogP contribution is -2.37. The molecule has 0 saturated carbocycles. The highest BCUT2D eigenvalue weighted by atomic mass is 16.6. The Morgan fingerprint density at radius 1 is 1.53 bits per heavy atom. The van der Waals surface area contributed by atoms with Gasteiger partial charge in [-0.25, -0.2) is 4.79 Å². The number of carbonyl (C=O) groups excluding carboxylic acids is 2. The van der Waals surface area contributed by atoms with Crippen molar-refractivity contribution in [1.82, 2.24) is 10.6 Å². The number of oxime groups is 1. The number of carboxylic acid groups (broad SMARTS) is 1. The van der Waals surface area contributed by atoms with Crippen LogP contribution in [-0.2, 0) is 19.2 Å². The standard InChI is InChI=1S/C9H13N3O5/c1-10-7(13)2-3-11-8(14)6-4-5(9(15)16)12-17-6/h6H,2-4H2,1H3,(H,10,13)(H,11,14)(H,15,16). The topological polar surface area (TPSA) is 117 Å². The molecule has 0 bridgehead atoms. The first-order valence-corrected chi connectivity index (χ1v) is 4.99. The average Bonchev–Trinajstić information content (AvgIpc) is 2.78. The number of aliphatic carboxylic acids is 1. The summed E-state index contributed by atoms with van der Waals surface area (Å²) in [4.78, 5) is 37.5. The number of rotatable bonds is 5. The molecule has 0 radical (unpaired) electrons. The van der Waals surface area contributed by atoms with Crippen LogP contribution in [0.25, 0.3) is 0 Å². The zero-order valence-electron chi connectivity index (χ0n) is 9.23. The van der Waals surface area contributed by atoms with Crippen molar-refractivity contribution in [2.24, 2.45) is 5.16 Å². The second-order valence-corrected chi connectivity index (χ2v) is 3.36. The van der Waals surface area contributed by atoms with Gasteiger partial charge >= 0.3 is 5.97 Å². The Morgan fingerprint density at radius 3 is 2.76 bits per heavy atom. The van der Waals surface area contributed by atoms with E-state index in [0.29, 0.717) is 0 Å². The summed E-state index contributed by atoms with van der Waals surface area (Å²) in [5.41, 5.74) is -0.184. The van der Waals surface area contributed by atoms with Crippen molar-refractivity contribution >= 4 is 23.5 Å². The molecule has 3 N–H and O–H groups in total. The molecule has 1 atom stereocenters. The predicted molar refractivity (Wildman–Crippen MR) is 56.3 cm³/mol. The highest BCUT2D eigenvalue weighted by Gasteiger charge is 2.31. The number of hydrogen-bond acceptors (Lipinski definition) is 5. The van der Waals surface area contributed by atoms with E-state index in [0.717, 1.165) is 0 Å². The third-order valence-corrected chi connectivity index (χ3v) is 2.14. The monoisotopic (exact) mass is 243 g/mol. The van der Waals surface area contributed by atoms with Gasteiger partial charge in [-0.05, 0) is 0 Å².